The lowest BCUT2D eigenvalue weighted by atomic mass is 10.1. The summed E-state index contributed by atoms with van der Waals surface area (Å²) < 4.78 is 26.2. The fourth-order valence-corrected chi connectivity index (χ4v) is 4.75. The van der Waals surface area contributed by atoms with Crippen LogP contribution in [0.15, 0.2) is 12.2 Å². The number of ether oxygens (including phenoxy) is 1. The first-order valence-corrected chi connectivity index (χ1v) is 17.2. The van der Waals surface area contributed by atoms with Crippen molar-refractivity contribution in [2.75, 3.05) is 26.4 Å². The number of phosphoric acid groups is 1. The Labute approximate surface area is 243 Å². The van der Waals surface area contributed by atoms with E-state index in [1.54, 1.807) is 0 Å². The molecule has 0 aromatic heterocycles. The summed E-state index contributed by atoms with van der Waals surface area (Å²) in [5.74, 6) is -0.557. The van der Waals surface area contributed by atoms with Crippen LogP contribution < -0.4 is 5.32 Å². The van der Waals surface area contributed by atoms with E-state index in [0.29, 0.717) is 12.8 Å². The number of aliphatic hydroxyl groups excluding tert-OH is 1. The van der Waals surface area contributed by atoms with Gasteiger partial charge in [-0.15, -0.1) is 0 Å². The number of nitrogens with one attached hydrogen (secondary N) is 1. The summed E-state index contributed by atoms with van der Waals surface area (Å²) in [5.41, 5.74) is 0. The van der Waals surface area contributed by atoms with Gasteiger partial charge >= 0.3 is 13.8 Å². The van der Waals surface area contributed by atoms with Crippen molar-refractivity contribution in [3.05, 3.63) is 12.2 Å². The third-order valence-corrected chi connectivity index (χ3v) is 7.43. The van der Waals surface area contributed by atoms with Crippen molar-refractivity contribution in [1.29, 1.82) is 0 Å². The van der Waals surface area contributed by atoms with Crippen molar-refractivity contribution in [1.82, 2.24) is 5.32 Å². The molecular formula is C30H58NO8P. The molecule has 0 spiro atoms. The van der Waals surface area contributed by atoms with Crippen molar-refractivity contribution in [3.8, 4) is 0 Å². The molecule has 3 N–H and O–H groups in total. The van der Waals surface area contributed by atoms with Crippen LogP contribution in [0.25, 0.3) is 0 Å². The van der Waals surface area contributed by atoms with Gasteiger partial charge < -0.3 is 20.1 Å². The van der Waals surface area contributed by atoms with E-state index in [1.807, 2.05) is 6.92 Å². The SMILES string of the molecule is CCCCCCCC/C=C\CCCCCCCCCC(=O)NCCOP(=O)(O)OCC(O)COC(=O)CCCC. The molecule has 0 aliphatic rings. The van der Waals surface area contributed by atoms with Crippen LogP contribution in [-0.4, -0.2) is 54.3 Å². The van der Waals surface area contributed by atoms with Gasteiger partial charge in [0, 0.05) is 19.4 Å². The van der Waals surface area contributed by atoms with Crippen LogP contribution in [0.5, 0.6) is 0 Å². The van der Waals surface area contributed by atoms with Crippen molar-refractivity contribution in [2.45, 2.75) is 142 Å². The van der Waals surface area contributed by atoms with Crippen LogP contribution in [0.1, 0.15) is 136 Å². The van der Waals surface area contributed by atoms with Crippen molar-refractivity contribution < 1.29 is 37.9 Å². The number of phosphoric ester groups is 1. The fourth-order valence-electron chi connectivity index (χ4n) is 4.00. The van der Waals surface area contributed by atoms with Gasteiger partial charge in [-0.3, -0.25) is 18.6 Å². The van der Waals surface area contributed by atoms with Crippen LogP contribution in [0, 0.1) is 0 Å². The molecule has 40 heavy (non-hydrogen) atoms. The Morgan fingerprint density at radius 3 is 1.90 bits per heavy atom. The van der Waals surface area contributed by atoms with Gasteiger partial charge in [0.1, 0.15) is 12.7 Å². The molecule has 2 atom stereocenters. The zero-order valence-electron chi connectivity index (χ0n) is 25.3. The standard InChI is InChI=1S/C30H58NO8P/c1-3-5-7-8-9-10-11-12-13-14-15-16-17-18-19-20-21-22-29(33)31-24-25-38-40(35,36)39-27-28(32)26-37-30(34)23-6-4-2/h12-13,28,32H,3-11,14-27H2,1-2H3,(H,31,33)(H,35,36)/b13-12-. The molecule has 0 fully saturated rings. The Hall–Kier alpha value is -1.25. The molecule has 0 aromatic rings. The summed E-state index contributed by atoms with van der Waals surface area (Å²) >= 11 is 0. The fraction of sp³-hybridized carbons (Fsp3) is 0.867. The zero-order valence-corrected chi connectivity index (χ0v) is 26.2. The quantitative estimate of drug-likeness (QED) is 0.0362. The maximum absolute atomic E-state index is 11.9. The Morgan fingerprint density at radius 1 is 0.750 bits per heavy atom. The zero-order chi connectivity index (χ0) is 29.7. The lowest BCUT2D eigenvalue weighted by Gasteiger charge is -2.15. The van der Waals surface area contributed by atoms with Crippen LogP contribution in [0.2, 0.25) is 0 Å². The number of aliphatic hydroxyl groups is 1. The normalized spacial score (nSPS) is 13.8. The molecule has 0 rings (SSSR count). The van der Waals surface area contributed by atoms with Crippen LogP contribution in [0.4, 0.5) is 0 Å². The minimum absolute atomic E-state index is 0.0811. The van der Waals surface area contributed by atoms with E-state index in [2.05, 4.69) is 24.4 Å². The Bertz CT molecular complexity index is 689. The molecule has 9 nitrogen and oxygen atoms in total. The Balaban J connectivity index is 3.55. The lowest BCUT2D eigenvalue weighted by molar-refractivity contribution is -0.147. The average Bonchev–Trinajstić information content (AvgIpc) is 2.93. The van der Waals surface area contributed by atoms with Gasteiger partial charge in [-0.25, -0.2) is 4.57 Å². The Kier molecular flexibility index (Phi) is 27.0. The first-order chi connectivity index (χ1) is 19.3. The average molecular weight is 592 g/mol. The maximum atomic E-state index is 11.9. The molecule has 0 bridgehead atoms. The molecule has 0 aliphatic heterocycles. The summed E-state index contributed by atoms with van der Waals surface area (Å²) in [7, 11) is -4.38. The highest BCUT2D eigenvalue weighted by Crippen LogP contribution is 2.42. The maximum Gasteiger partial charge on any atom is 0.472 e. The molecule has 1 amide bonds. The number of carbonyl (C=O) groups is 2. The second-order valence-corrected chi connectivity index (χ2v) is 11.9. The first kappa shape index (κ1) is 38.8. The van der Waals surface area contributed by atoms with E-state index >= 15 is 0 Å². The number of allylic oxidation sites excluding steroid dienone is 2. The number of esters is 1. The predicted molar refractivity (Wildman–Crippen MR) is 160 cm³/mol. The summed E-state index contributed by atoms with van der Waals surface area (Å²) in [5, 5.41) is 12.4. The van der Waals surface area contributed by atoms with Crippen LogP contribution in [-0.2, 0) is 27.9 Å². The monoisotopic (exact) mass is 591 g/mol. The highest BCUT2D eigenvalue weighted by molar-refractivity contribution is 7.47. The third-order valence-electron chi connectivity index (χ3n) is 6.45. The first-order valence-electron chi connectivity index (χ1n) is 15.7. The number of rotatable bonds is 29. The molecule has 2 unspecified atom stereocenters. The van der Waals surface area contributed by atoms with Gasteiger partial charge in [0.05, 0.1) is 13.2 Å². The predicted octanol–water partition coefficient (Wildman–Crippen LogP) is 7.15. The van der Waals surface area contributed by atoms with E-state index in [0.717, 1.165) is 25.7 Å². The van der Waals surface area contributed by atoms with Gasteiger partial charge in [-0.2, -0.15) is 0 Å². The summed E-state index contributed by atoms with van der Waals surface area (Å²) in [6, 6.07) is 0. The molecular weight excluding hydrogens is 533 g/mol. The summed E-state index contributed by atoms with van der Waals surface area (Å²) in [6.07, 6.45) is 24.1. The van der Waals surface area contributed by atoms with Crippen LogP contribution in [0.3, 0.4) is 0 Å². The van der Waals surface area contributed by atoms with Crippen LogP contribution >= 0.6 is 7.82 Å². The highest BCUT2D eigenvalue weighted by Gasteiger charge is 2.23. The molecule has 0 aliphatic carbocycles. The smallest absolute Gasteiger partial charge is 0.463 e. The number of hydrogen-bond acceptors (Lipinski definition) is 7. The summed E-state index contributed by atoms with van der Waals surface area (Å²) in [6.45, 7) is 3.24. The number of unbranched alkanes of at least 4 members (excludes halogenated alkanes) is 14. The molecule has 0 saturated heterocycles. The van der Waals surface area contributed by atoms with Gasteiger partial charge in [-0.1, -0.05) is 96.6 Å². The second-order valence-electron chi connectivity index (χ2n) is 10.4. The molecule has 0 saturated carbocycles. The third kappa shape index (κ3) is 28.3. The van der Waals surface area contributed by atoms with Crippen molar-refractivity contribution in [2.24, 2.45) is 0 Å². The highest BCUT2D eigenvalue weighted by atomic mass is 31.2. The Morgan fingerprint density at radius 2 is 1.30 bits per heavy atom. The molecule has 0 heterocycles. The van der Waals surface area contributed by atoms with Crippen molar-refractivity contribution in [3.63, 3.8) is 0 Å². The molecule has 236 valence electrons. The second kappa shape index (κ2) is 27.9. The number of hydrogen-bond donors (Lipinski definition) is 3. The van der Waals surface area contributed by atoms with Crippen molar-refractivity contribution >= 4 is 19.7 Å². The van der Waals surface area contributed by atoms with Gasteiger partial charge in [0.25, 0.3) is 0 Å². The van der Waals surface area contributed by atoms with Gasteiger partial charge in [0.2, 0.25) is 5.91 Å². The topological polar surface area (TPSA) is 131 Å². The van der Waals surface area contributed by atoms with E-state index < -0.39 is 26.5 Å². The van der Waals surface area contributed by atoms with Gasteiger partial charge in [0.15, 0.2) is 0 Å². The van der Waals surface area contributed by atoms with E-state index in [4.69, 9.17) is 13.8 Å². The summed E-state index contributed by atoms with van der Waals surface area (Å²) in [4.78, 5) is 33.0. The molecule has 0 aromatic carbocycles. The number of amides is 1. The molecule has 0 radical (unpaired) electrons. The number of carbonyl (C=O) groups excluding carboxylic acids is 2. The van der Waals surface area contributed by atoms with Gasteiger partial charge in [-0.05, 0) is 38.5 Å². The van der Waals surface area contributed by atoms with E-state index in [1.165, 1.54) is 77.0 Å². The minimum Gasteiger partial charge on any atom is -0.463 e. The van der Waals surface area contributed by atoms with E-state index in [-0.39, 0.29) is 32.1 Å². The minimum atomic E-state index is -4.38. The molecule has 10 heteroatoms. The lowest BCUT2D eigenvalue weighted by Crippen LogP contribution is -2.27. The van der Waals surface area contributed by atoms with E-state index in [9.17, 15) is 24.2 Å². The largest absolute Gasteiger partial charge is 0.472 e.